The maximum absolute atomic E-state index is 6.27. The maximum atomic E-state index is 6.27. The van der Waals surface area contributed by atoms with Crippen molar-refractivity contribution in [2.75, 3.05) is 18.9 Å². The highest BCUT2D eigenvalue weighted by molar-refractivity contribution is 5.42. The smallest absolute Gasteiger partial charge is 0.128 e. The Hall–Kier alpha value is -1.47. The first kappa shape index (κ1) is 14.0. The fourth-order valence-corrected chi connectivity index (χ4v) is 2.56. The summed E-state index contributed by atoms with van der Waals surface area (Å²) >= 11 is 0. The van der Waals surface area contributed by atoms with Crippen LogP contribution in [-0.4, -0.2) is 22.8 Å². The Morgan fingerprint density at radius 2 is 2.26 bits per heavy atom. The molecule has 1 aliphatic rings. The van der Waals surface area contributed by atoms with Crippen LogP contribution in [0.4, 0.5) is 5.82 Å². The number of imidazole rings is 1. The van der Waals surface area contributed by atoms with Gasteiger partial charge < -0.3 is 15.0 Å². The summed E-state index contributed by atoms with van der Waals surface area (Å²) in [6.07, 6.45) is 7.60. The van der Waals surface area contributed by atoms with Gasteiger partial charge in [0.15, 0.2) is 0 Å². The molecule has 1 aromatic heterocycles. The summed E-state index contributed by atoms with van der Waals surface area (Å²) in [6.45, 7) is 8.41. The normalized spacial score (nSPS) is 20.2. The predicted molar refractivity (Wildman–Crippen MR) is 77.0 cm³/mol. The van der Waals surface area contributed by atoms with Gasteiger partial charge in [-0.05, 0) is 12.8 Å². The third kappa shape index (κ3) is 2.76. The molecule has 19 heavy (non-hydrogen) atoms. The van der Waals surface area contributed by atoms with Crippen molar-refractivity contribution < 1.29 is 4.74 Å². The van der Waals surface area contributed by atoms with Crippen molar-refractivity contribution in [3.8, 4) is 12.3 Å². The van der Waals surface area contributed by atoms with Crippen LogP contribution in [0.25, 0.3) is 0 Å². The van der Waals surface area contributed by atoms with E-state index in [9.17, 15) is 0 Å². The van der Waals surface area contributed by atoms with Crippen molar-refractivity contribution >= 4 is 5.82 Å². The Labute approximate surface area is 115 Å². The van der Waals surface area contributed by atoms with E-state index in [-0.39, 0.29) is 5.41 Å². The van der Waals surface area contributed by atoms with Crippen LogP contribution in [0, 0.1) is 12.3 Å². The average Bonchev–Trinajstić information content (AvgIpc) is 2.69. The van der Waals surface area contributed by atoms with Crippen molar-refractivity contribution in [2.24, 2.45) is 0 Å². The third-order valence-electron chi connectivity index (χ3n) is 3.50. The first-order chi connectivity index (χ1) is 8.95. The fourth-order valence-electron chi connectivity index (χ4n) is 2.56. The average molecular weight is 261 g/mol. The molecule has 0 amide bonds. The van der Waals surface area contributed by atoms with Gasteiger partial charge in [0.25, 0.3) is 0 Å². The van der Waals surface area contributed by atoms with E-state index >= 15 is 0 Å². The molecule has 0 spiro atoms. The second-order valence-electron chi connectivity index (χ2n) is 6.16. The van der Waals surface area contributed by atoms with Crippen molar-refractivity contribution in [3.05, 3.63) is 11.5 Å². The van der Waals surface area contributed by atoms with Gasteiger partial charge in [-0.25, -0.2) is 4.98 Å². The lowest BCUT2D eigenvalue weighted by molar-refractivity contribution is 0.0795. The van der Waals surface area contributed by atoms with Gasteiger partial charge in [-0.15, -0.1) is 6.42 Å². The van der Waals surface area contributed by atoms with E-state index in [2.05, 4.69) is 26.7 Å². The molecule has 4 heteroatoms. The Bertz CT molecular complexity index is 485. The monoisotopic (exact) mass is 261 g/mol. The fraction of sp³-hybridized carbons (Fsp3) is 0.667. The molecule has 1 aliphatic heterocycles. The molecule has 1 fully saturated rings. The molecule has 1 unspecified atom stereocenters. The van der Waals surface area contributed by atoms with E-state index in [0.29, 0.717) is 24.9 Å². The van der Waals surface area contributed by atoms with Gasteiger partial charge in [-0.3, -0.25) is 0 Å². The lowest BCUT2D eigenvalue weighted by Crippen LogP contribution is -2.19. The SMILES string of the molecule is C#CCn1c(C(C)(C)C)nc(C2CCCOC2)c1N. The number of hydrogen-bond acceptors (Lipinski definition) is 3. The topological polar surface area (TPSA) is 53.1 Å². The number of terminal acetylenes is 1. The number of nitrogen functional groups attached to an aromatic ring is 1. The number of hydrogen-bond donors (Lipinski definition) is 1. The third-order valence-corrected chi connectivity index (χ3v) is 3.50. The molecule has 0 aliphatic carbocycles. The summed E-state index contributed by atoms with van der Waals surface area (Å²) < 4.78 is 7.50. The molecule has 1 saturated heterocycles. The number of nitrogens with two attached hydrogens (primary N) is 1. The molecule has 0 saturated carbocycles. The van der Waals surface area contributed by atoms with E-state index in [1.54, 1.807) is 0 Å². The van der Waals surface area contributed by atoms with Crippen LogP contribution < -0.4 is 5.73 Å². The van der Waals surface area contributed by atoms with Crippen LogP contribution in [0.15, 0.2) is 0 Å². The molecule has 2 N–H and O–H groups in total. The summed E-state index contributed by atoms with van der Waals surface area (Å²) in [4.78, 5) is 4.79. The van der Waals surface area contributed by atoms with Crippen LogP contribution in [0.5, 0.6) is 0 Å². The van der Waals surface area contributed by atoms with Gasteiger partial charge in [0, 0.05) is 17.9 Å². The van der Waals surface area contributed by atoms with Gasteiger partial charge in [0.05, 0.1) is 18.8 Å². The van der Waals surface area contributed by atoms with Crippen LogP contribution in [0.2, 0.25) is 0 Å². The van der Waals surface area contributed by atoms with Crippen LogP contribution >= 0.6 is 0 Å². The van der Waals surface area contributed by atoms with Crippen LogP contribution in [0.3, 0.4) is 0 Å². The molecule has 104 valence electrons. The number of rotatable bonds is 2. The molecule has 4 nitrogen and oxygen atoms in total. The first-order valence-corrected chi connectivity index (χ1v) is 6.82. The highest BCUT2D eigenvalue weighted by atomic mass is 16.5. The molecule has 0 aromatic carbocycles. The van der Waals surface area contributed by atoms with E-state index in [1.165, 1.54) is 0 Å². The maximum Gasteiger partial charge on any atom is 0.128 e. The number of nitrogens with zero attached hydrogens (tertiary/aromatic N) is 2. The quantitative estimate of drug-likeness (QED) is 0.831. The molecule has 0 bridgehead atoms. The standard InChI is InChI=1S/C15H23N3O/c1-5-8-18-13(16)12(11-7-6-9-19-10-11)17-14(18)15(2,3)4/h1,11H,6-10,16H2,2-4H3. The highest BCUT2D eigenvalue weighted by Crippen LogP contribution is 2.33. The molecule has 1 aromatic rings. The summed E-state index contributed by atoms with van der Waals surface area (Å²) in [6, 6.07) is 0. The minimum absolute atomic E-state index is 0.0707. The number of ether oxygens (including phenoxy) is 1. The molecular weight excluding hydrogens is 238 g/mol. The second kappa shape index (κ2) is 5.26. The Morgan fingerprint density at radius 1 is 1.53 bits per heavy atom. The molecule has 2 rings (SSSR count). The number of aromatic nitrogens is 2. The van der Waals surface area contributed by atoms with Gasteiger partial charge in [-0.1, -0.05) is 26.7 Å². The Kier molecular flexibility index (Phi) is 3.86. The van der Waals surface area contributed by atoms with Gasteiger partial charge in [0.2, 0.25) is 0 Å². The lowest BCUT2D eigenvalue weighted by Gasteiger charge is -2.20. The molecule has 2 heterocycles. The minimum Gasteiger partial charge on any atom is -0.384 e. The zero-order valence-electron chi connectivity index (χ0n) is 12.1. The highest BCUT2D eigenvalue weighted by Gasteiger charge is 2.28. The minimum atomic E-state index is -0.0707. The van der Waals surface area contributed by atoms with Gasteiger partial charge in [-0.2, -0.15) is 0 Å². The first-order valence-electron chi connectivity index (χ1n) is 6.82. The molecule has 1 atom stereocenters. The van der Waals surface area contributed by atoms with Crippen LogP contribution in [0.1, 0.15) is 51.0 Å². The van der Waals surface area contributed by atoms with Crippen molar-refractivity contribution in [3.63, 3.8) is 0 Å². The Morgan fingerprint density at radius 3 is 2.79 bits per heavy atom. The number of anilines is 1. The van der Waals surface area contributed by atoms with E-state index < -0.39 is 0 Å². The van der Waals surface area contributed by atoms with Gasteiger partial charge in [0.1, 0.15) is 11.6 Å². The van der Waals surface area contributed by atoms with Crippen LogP contribution in [-0.2, 0) is 16.7 Å². The van der Waals surface area contributed by atoms with Crippen molar-refractivity contribution in [1.82, 2.24) is 9.55 Å². The summed E-state index contributed by atoms with van der Waals surface area (Å²) in [7, 11) is 0. The van der Waals surface area contributed by atoms with Crippen molar-refractivity contribution in [1.29, 1.82) is 0 Å². The predicted octanol–water partition coefficient (Wildman–Crippen LogP) is 2.29. The van der Waals surface area contributed by atoms with Crippen molar-refractivity contribution in [2.45, 2.75) is 51.5 Å². The largest absolute Gasteiger partial charge is 0.384 e. The molecule has 0 radical (unpaired) electrons. The molecular formula is C15H23N3O. The van der Waals surface area contributed by atoms with E-state index in [4.69, 9.17) is 21.9 Å². The van der Waals surface area contributed by atoms with E-state index in [0.717, 1.165) is 31.0 Å². The van der Waals surface area contributed by atoms with Gasteiger partial charge >= 0.3 is 0 Å². The zero-order chi connectivity index (χ0) is 14.0. The lowest BCUT2D eigenvalue weighted by atomic mass is 9.95. The summed E-state index contributed by atoms with van der Waals surface area (Å²) in [5.74, 6) is 4.63. The summed E-state index contributed by atoms with van der Waals surface area (Å²) in [5.41, 5.74) is 7.15. The summed E-state index contributed by atoms with van der Waals surface area (Å²) in [5, 5.41) is 0. The van der Waals surface area contributed by atoms with E-state index in [1.807, 2.05) is 4.57 Å². The zero-order valence-corrected chi connectivity index (χ0v) is 12.1. The second-order valence-corrected chi connectivity index (χ2v) is 6.16. The Balaban J connectivity index is 2.42.